The van der Waals surface area contributed by atoms with E-state index in [2.05, 4.69) is 10.8 Å². The standard InChI is InChI=1S/C17H17F5INO12S2/c1-5(23)12(25)33-2-3-34-13(26)8-7-4-6-9(8)14(27)35-10(6)11(7)36-38(31,32)24-37(29,30)17(21,22)15(28)16(18,19)20/h6-11,15,24,28H,1-4H2. The summed E-state index contributed by atoms with van der Waals surface area (Å²) in [4.78, 5) is 36.3. The number of sulfonamides is 1. The molecule has 21 heteroatoms. The molecule has 0 radical (unpaired) electrons. The van der Waals surface area contributed by atoms with Crippen LogP contribution in [-0.4, -0.2) is 82.8 Å². The van der Waals surface area contributed by atoms with Crippen molar-refractivity contribution >= 4 is 60.8 Å². The van der Waals surface area contributed by atoms with Crippen LogP contribution in [0.2, 0.25) is 0 Å². The first kappa shape index (κ1) is 30.8. The third-order valence-electron chi connectivity index (χ3n) is 6.04. The van der Waals surface area contributed by atoms with Crippen molar-refractivity contribution in [2.75, 3.05) is 13.2 Å². The molecule has 0 aromatic rings. The van der Waals surface area contributed by atoms with Crippen LogP contribution in [0.1, 0.15) is 6.42 Å². The van der Waals surface area contributed by atoms with E-state index in [0.29, 0.717) is 0 Å². The van der Waals surface area contributed by atoms with Crippen molar-refractivity contribution in [3.05, 3.63) is 10.2 Å². The number of carbonyl (C=O) groups is 3. The summed E-state index contributed by atoms with van der Waals surface area (Å²) in [6.45, 7) is 2.45. The minimum atomic E-state index is -6.75. The molecule has 1 heterocycles. The van der Waals surface area contributed by atoms with Crippen molar-refractivity contribution < 1.29 is 76.7 Å². The maximum Gasteiger partial charge on any atom is 0.421 e. The van der Waals surface area contributed by atoms with Gasteiger partial charge in [0.05, 0.1) is 15.4 Å². The molecule has 3 fully saturated rings. The summed E-state index contributed by atoms with van der Waals surface area (Å²) >= 11 is 1.58. The molecule has 1 saturated heterocycles. The molecule has 0 spiro atoms. The van der Waals surface area contributed by atoms with Crippen LogP contribution in [0, 0.1) is 23.7 Å². The fourth-order valence-electron chi connectivity index (χ4n) is 4.58. The third kappa shape index (κ3) is 5.76. The van der Waals surface area contributed by atoms with E-state index in [1.165, 1.54) is 0 Å². The molecule has 2 N–H and O–H groups in total. The fourth-order valence-corrected chi connectivity index (χ4v) is 7.39. The highest BCUT2D eigenvalue weighted by Gasteiger charge is 2.70. The van der Waals surface area contributed by atoms with E-state index >= 15 is 0 Å². The Labute approximate surface area is 224 Å². The minimum Gasteiger partial charge on any atom is -0.462 e. The SMILES string of the molecule is C=C(I)C(=O)OCCOC(=O)C1C2CC3C(OC(=O)C31)C2OS(=O)(=O)NS(=O)(=O)C(F)(F)C(O)C(F)(F)F. The van der Waals surface area contributed by atoms with E-state index in [1.807, 2.05) is 0 Å². The molecular formula is C17H17F5INO12S2. The highest BCUT2D eigenvalue weighted by Crippen LogP contribution is 2.59. The second kappa shape index (κ2) is 10.4. The Morgan fingerprint density at radius 3 is 2.26 bits per heavy atom. The van der Waals surface area contributed by atoms with Crippen molar-refractivity contribution in [3.63, 3.8) is 0 Å². The number of aliphatic hydroxyl groups is 1. The van der Waals surface area contributed by atoms with E-state index < -0.39 is 105 Å². The first-order valence-electron chi connectivity index (χ1n) is 10.2. The van der Waals surface area contributed by atoms with E-state index in [4.69, 9.17) is 19.3 Å². The molecule has 2 aliphatic carbocycles. The molecule has 0 aromatic carbocycles. The maximum atomic E-state index is 13.8. The zero-order valence-corrected chi connectivity index (χ0v) is 22.2. The van der Waals surface area contributed by atoms with Gasteiger partial charge in [0.1, 0.15) is 25.4 Å². The summed E-state index contributed by atoms with van der Waals surface area (Å²) in [5.41, 5.74) is 0. The van der Waals surface area contributed by atoms with Crippen LogP contribution in [-0.2, 0) is 53.1 Å². The molecule has 0 aromatic heterocycles. The lowest BCUT2D eigenvalue weighted by atomic mass is 9.78. The normalized spacial score (nSPS) is 29.6. The molecule has 7 atom stereocenters. The molecule has 2 saturated carbocycles. The van der Waals surface area contributed by atoms with Gasteiger partial charge < -0.3 is 19.3 Å². The van der Waals surface area contributed by atoms with Crippen LogP contribution < -0.4 is 4.13 Å². The second-order valence-corrected chi connectivity index (χ2v) is 13.0. The summed E-state index contributed by atoms with van der Waals surface area (Å²) in [6, 6.07) is 0. The summed E-state index contributed by atoms with van der Waals surface area (Å²) in [5.74, 6) is -7.26. The highest BCUT2D eigenvalue weighted by molar-refractivity contribution is 14.1. The summed E-state index contributed by atoms with van der Waals surface area (Å²) in [7, 11) is -12.6. The Hall–Kier alpha value is -1.69. The molecule has 13 nitrogen and oxygen atoms in total. The number of carbonyl (C=O) groups excluding carboxylic acids is 3. The van der Waals surface area contributed by atoms with E-state index in [0.717, 1.165) is 0 Å². The lowest BCUT2D eigenvalue weighted by Crippen LogP contribution is -2.55. The van der Waals surface area contributed by atoms with Crippen molar-refractivity contribution in [2.24, 2.45) is 23.7 Å². The van der Waals surface area contributed by atoms with Gasteiger partial charge in [-0.3, -0.25) is 9.59 Å². The summed E-state index contributed by atoms with van der Waals surface area (Å²) < 4.78 is 132. The second-order valence-electron chi connectivity index (χ2n) is 8.33. The lowest BCUT2D eigenvalue weighted by molar-refractivity contribution is -0.247. The molecule has 7 unspecified atom stereocenters. The van der Waals surface area contributed by atoms with Gasteiger partial charge in [0.15, 0.2) is 0 Å². The van der Waals surface area contributed by atoms with Crippen LogP contribution >= 0.6 is 22.6 Å². The Morgan fingerprint density at radius 1 is 1.13 bits per heavy atom. The van der Waals surface area contributed by atoms with Crippen molar-refractivity contribution in [3.8, 4) is 0 Å². The number of alkyl halides is 5. The number of rotatable bonds is 11. The zero-order valence-electron chi connectivity index (χ0n) is 18.4. The summed E-state index contributed by atoms with van der Waals surface area (Å²) in [5, 5.41) is 2.65. The van der Waals surface area contributed by atoms with Gasteiger partial charge in [-0.1, -0.05) is 10.7 Å². The van der Waals surface area contributed by atoms with Gasteiger partial charge in [0.25, 0.3) is 10.0 Å². The molecular weight excluding hydrogens is 696 g/mol. The fraction of sp³-hybridized carbons (Fsp3) is 0.706. The van der Waals surface area contributed by atoms with E-state index in [9.17, 15) is 53.2 Å². The number of fused-ring (bicyclic) bond motifs is 1. The number of nitrogens with one attached hydrogen (secondary N) is 1. The van der Waals surface area contributed by atoms with Gasteiger partial charge in [0, 0.05) is 11.8 Å². The smallest absolute Gasteiger partial charge is 0.421 e. The number of hydrogen-bond donors (Lipinski definition) is 2. The van der Waals surface area contributed by atoms with Crippen molar-refractivity contribution in [2.45, 2.75) is 36.2 Å². The Morgan fingerprint density at radius 2 is 1.71 bits per heavy atom. The van der Waals surface area contributed by atoms with Gasteiger partial charge in [-0.25, -0.2) is 17.4 Å². The van der Waals surface area contributed by atoms with Gasteiger partial charge in [-0.15, -0.1) is 0 Å². The molecule has 1 aliphatic heterocycles. The Bertz CT molecular complexity index is 1240. The van der Waals surface area contributed by atoms with Crippen molar-refractivity contribution in [1.29, 1.82) is 0 Å². The molecule has 2 bridgehead atoms. The monoisotopic (exact) mass is 713 g/mol. The first-order chi connectivity index (χ1) is 17.2. The third-order valence-corrected chi connectivity index (χ3v) is 9.59. The van der Waals surface area contributed by atoms with E-state index in [-0.39, 0.29) is 14.1 Å². The number of ether oxygens (including phenoxy) is 3. The van der Waals surface area contributed by atoms with Crippen molar-refractivity contribution in [1.82, 2.24) is 4.13 Å². The predicted octanol–water partition coefficient (Wildman–Crippen LogP) is -0.106. The van der Waals surface area contributed by atoms with Crippen LogP contribution in [0.4, 0.5) is 22.0 Å². The zero-order chi connectivity index (χ0) is 29.0. The van der Waals surface area contributed by atoms with Crippen LogP contribution in [0.3, 0.4) is 0 Å². The molecule has 0 amide bonds. The largest absolute Gasteiger partial charge is 0.462 e. The van der Waals surface area contributed by atoms with Gasteiger partial charge in [0.2, 0.25) is 6.10 Å². The molecule has 38 heavy (non-hydrogen) atoms. The number of aliphatic hydroxyl groups excluding tert-OH is 1. The Balaban J connectivity index is 1.73. The molecule has 3 rings (SSSR count). The maximum absolute atomic E-state index is 13.8. The topological polar surface area (TPSA) is 189 Å². The molecule has 216 valence electrons. The average Bonchev–Trinajstić information content (AvgIpc) is 3.37. The highest BCUT2D eigenvalue weighted by atomic mass is 127. The Kier molecular flexibility index (Phi) is 8.42. The number of halogens is 6. The number of esters is 3. The number of hydrogen-bond acceptors (Lipinski definition) is 12. The van der Waals surface area contributed by atoms with Crippen LogP contribution in [0.25, 0.3) is 0 Å². The van der Waals surface area contributed by atoms with Crippen LogP contribution in [0.5, 0.6) is 0 Å². The summed E-state index contributed by atoms with van der Waals surface area (Å²) in [6.07, 6.45) is -14.1. The van der Waals surface area contributed by atoms with E-state index in [1.54, 1.807) is 22.6 Å². The van der Waals surface area contributed by atoms with Crippen LogP contribution in [0.15, 0.2) is 10.2 Å². The minimum absolute atomic E-state index is 0.0317. The predicted molar refractivity (Wildman–Crippen MR) is 116 cm³/mol. The quantitative estimate of drug-likeness (QED) is 0.0724. The lowest BCUT2D eigenvalue weighted by Gasteiger charge is -2.30. The van der Waals surface area contributed by atoms with Gasteiger partial charge in [-0.2, -0.15) is 30.4 Å². The van der Waals surface area contributed by atoms with Gasteiger partial charge >= 0.3 is 39.6 Å². The molecule has 3 aliphatic rings. The first-order valence-corrected chi connectivity index (χ1v) is 14.2. The average molecular weight is 713 g/mol. The van der Waals surface area contributed by atoms with Gasteiger partial charge in [-0.05, 0) is 29.0 Å².